The third kappa shape index (κ3) is 7.12. The molecule has 1 atom stereocenters. The van der Waals surface area contributed by atoms with Crippen molar-refractivity contribution < 1.29 is 14.3 Å². The molecule has 10 nitrogen and oxygen atoms in total. The minimum Gasteiger partial charge on any atom is -0.370 e. The molecule has 4 rings (SSSR count). The Hall–Kier alpha value is -3.86. The first-order valence-electron chi connectivity index (χ1n) is 12.7. The summed E-state index contributed by atoms with van der Waals surface area (Å²) in [6.45, 7) is 5.41. The number of carbonyl (C=O) groups is 2. The summed E-state index contributed by atoms with van der Waals surface area (Å²) in [4.78, 5) is 38.7. The fourth-order valence-corrected chi connectivity index (χ4v) is 4.10. The lowest BCUT2D eigenvalue weighted by atomic mass is 10.1. The number of morpholine rings is 1. The summed E-state index contributed by atoms with van der Waals surface area (Å²) < 4.78 is 5.94. The number of hydrogen-bond donors (Lipinski definition) is 3. The number of pyridine rings is 2. The number of aromatic nitrogens is 2. The van der Waals surface area contributed by atoms with E-state index in [0.29, 0.717) is 35.7 Å². The molecule has 0 spiro atoms. The zero-order chi connectivity index (χ0) is 26.9. The number of aryl methyl sites for hydroxylation is 1. The van der Waals surface area contributed by atoms with Crippen LogP contribution in [0.4, 0.5) is 17.2 Å². The van der Waals surface area contributed by atoms with Crippen LogP contribution < -0.4 is 20.9 Å². The number of nitrogens with zero attached hydrogens (tertiary/aromatic N) is 4. The Bertz CT molecular complexity index is 1210. The molecule has 2 amide bonds. The molecule has 0 bridgehead atoms. The van der Waals surface area contributed by atoms with Crippen LogP contribution in [0.2, 0.25) is 0 Å². The highest BCUT2D eigenvalue weighted by Gasteiger charge is 2.29. The Morgan fingerprint density at radius 3 is 2.61 bits per heavy atom. The summed E-state index contributed by atoms with van der Waals surface area (Å²) in [5, 5.41) is 9.53. The van der Waals surface area contributed by atoms with Gasteiger partial charge in [-0.1, -0.05) is 6.07 Å². The summed E-state index contributed by atoms with van der Waals surface area (Å²) >= 11 is 0. The monoisotopic (exact) mass is 517 g/mol. The third-order valence-electron chi connectivity index (χ3n) is 6.20. The zero-order valence-corrected chi connectivity index (χ0v) is 22.1. The largest absolute Gasteiger partial charge is 0.370 e. The van der Waals surface area contributed by atoms with Crippen molar-refractivity contribution in [3.05, 3.63) is 77.7 Å². The molecule has 1 aliphatic rings. The van der Waals surface area contributed by atoms with Gasteiger partial charge in [-0.05, 0) is 75.9 Å². The number of benzene rings is 1. The Morgan fingerprint density at radius 1 is 1.11 bits per heavy atom. The minimum atomic E-state index is -0.488. The lowest BCUT2D eigenvalue weighted by Gasteiger charge is -2.35. The molecule has 38 heavy (non-hydrogen) atoms. The second-order valence-electron chi connectivity index (χ2n) is 9.41. The molecule has 3 N–H and O–H groups in total. The van der Waals surface area contributed by atoms with Gasteiger partial charge in [0.05, 0.1) is 12.2 Å². The molecule has 1 fully saturated rings. The van der Waals surface area contributed by atoms with Gasteiger partial charge >= 0.3 is 0 Å². The van der Waals surface area contributed by atoms with Crippen LogP contribution in [-0.2, 0) is 4.74 Å². The Labute approximate surface area is 223 Å². The lowest BCUT2D eigenvalue weighted by Crippen LogP contribution is -2.52. The van der Waals surface area contributed by atoms with Crippen molar-refractivity contribution in [2.24, 2.45) is 0 Å². The van der Waals surface area contributed by atoms with Crippen LogP contribution in [0.5, 0.6) is 0 Å². The predicted octanol–water partition coefficient (Wildman–Crippen LogP) is 2.99. The van der Waals surface area contributed by atoms with E-state index in [4.69, 9.17) is 4.74 Å². The highest BCUT2D eigenvalue weighted by Crippen LogP contribution is 2.28. The molecule has 0 radical (unpaired) electrons. The first-order valence-corrected chi connectivity index (χ1v) is 12.7. The number of hydrogen-bond acceptors (Lipinski definition) is 8. The first kappa shape index (κ1) is 27.2. The number of carbonyl (C=O) groups excluding carboxylic acids is 2. The number of amides is 2. The molecule has 1 unspecified atom stereocenters. The maximum atomic E-state index is 13.5. The van der Waals surface area contributed by atoms with E-state index in [0.717, 1.165) is 37.4 Å². The number of rotatable bonds is 10. The lowest BCUT2D eigenvalue weighted by molar-refractivity contribution is 0.0255. The van der Waals surface area contributed by atoms with Crippen LogP contribution in [0.15, 0.2) is 61.1 Å². The van der Waals surface area contributed by atoms with Gasteiger partial charge in [-0.15, -0.1) is 0 Å². The summed E-state index contributed by atoms with van der Waals surface area (Å²) in [5.41, 5.74) is 3.04. The van der Waals surface area contributed by atoms with Gasteiger partial charge in [0.2, 0.25) is 0 Å². The van der Waals surface area contributed by atoms with E-state index >= 15 is 0 Å². The van der Waals surface area contributed by atoms with Crippen LogP contribution in [0.25, 0.3) is 0 Å². The number of nitrogens with one attached hydrogen (secondary N) is 3. The van der Waals surface area contributed by atoms with E-state index in [1.165, 1.54) is 0 Å². The van der Waals surface area contributed by atoms with Gasteiger partial charge in [0.25, 0.3) is 11.8 Å². The van der Waals surface area contributed by atoms with E-state index in [1.54, 1.807) is 53.8 Å². The average Bonchev–Trinajstić information content (AvgIpc) is 2.94. The molecule has 3 aromatic rings. The molecule has 200 valence electrons. The fourth-order valence-electron chi connectivity index (χ4n) is 4.10. The number of anilines is 3. The Morgan fingerprint density at radius 2 is 1.92 bits per heavy atom. The van der Waals surface area contributed by atoms with Gasteiger partial charge in [-0.3, -0.25) is 19.5 Å². The standard InChI is InChI=1S/C28H35N7O3/c1-20-5-7-23(35(26-19-30-14-16-38-26)28(37)21-9-12-29-13-10-21)17-24(20)33-27(36)22-6-8-25(32-18-22)31-11-4-15-34(2)3/h5-10,12-13,17-18,26,30H,4,11,14-16,19H2,1-3H3,(H,31,32)(H,33,36). The van der Waals surface area contributed by atoms with Gasteiger partial charge in [0.1, 0.15) is 12.0 Å². The van der Waals surface area contributed by atoms with Crippen molar-refractivity contribution in [2.45, 2.75) is 19.6 Å². The van der Waals surface area contributed by atoms with Crippen LogP contribution in [0, 0.1) is 6.92 Å². The van der Waals surface area contributed by atoms with Gasteiger partial charge in [0, 0.05) is 55.2 Å². The molecule has 3 heterocycles. The molecule has 0 aliphatic carbocycles. The van der Waals surface area contributed by atoms with Crippen LogP contribution in [-0.4, -0.2) is 79.8 Å². The molecule has 10 heteroatoms. The second kappa shape index (κ2) is 13.1. The molecule has 2 aromatic heterocycles. The smallest absolute Gasteiger partial charge is 0.260 e. The highest BCUT2D eigenvalue weighted by atomic mass is 16.5. The normalized spacial score (nSPS) is 15.2. The maximum absolute atomic E-state index is 13.5. The maximum Gasteiger partial charge on any atom is 0.260 e. The third-order valence-corrected chi connectivity index (χ3v) is 6.20. The van der Waals surface area contributed by atoms with Crippen molar-refractivity contribution in [3.8, 4) is 0 Å². The summed E-state index contributed by atoms with van der Waals surface area (Å²) in [6, 6.07) is 12.4. The van der Waals surface area contributed by atoms with Crippen LogP contribution in [0.1, 0.15) is 32.7 Å². The molecule has 1 saturated heterocycles. The van der Waals surface area contributed by atoms with E-state index in [1.807, 2.05) is 33.2 Å². The van der Waals surface area contributed by atoms with Gasteiger partial charge in [-0.2, -0.15) is 0 Å². The SMILES string of the molecule is Cc1ccc(N(C(=O)c2ccncc2)C2CNCCO2)cc1NC(=O)c1ccc(NCCCN(C)C)nc1. The fraction of sp³-hybridized carbons (Fsp3) is 0.357. The summed E-state index contributed by atoms with van der Waals surface area (Å²) in [5.74, 6) is 0.240. The van der Waals surface area contributed by atoms with Crippen LogP contribution in [0.3, 0.4) is 0 Å². The Kier molecular flexibility index (Phi) is 9.36. The zero-order valence-electron chi connectivity index (χ0n) is 22.1. The molecular formula is C28H35N7O3. The average molecular weight is 518 g/mol. The topological polar surface area (TPSA) is 112 Å². The minimum absolute atomic E-state index is 0.208. The first-order chi connectivity index (χ1) is 18.4. The predicted molar refractivity (Wildman–Crippen MR) is 149 cm³/mol. The molecule has 1 aliphatic heterocycles. The molecular weight excluding hydrogens is 482 g/mol. The van der Waals surface area contributed by atoms with Crippen LogP contribution >= 0.6 is 0 Å². The van der Waals surface area contributed by atoms with E-state index < -0.39 is 6.23 Å². The molecule has 1 aromatic carbocycles. The van der Waals surface area contributed by atoms with Crippen molar-refractivity contribution in [2.75, 3.05) is 62.4 Å². The number of ether oxygens (including phenoxy) is 1. The van der Waals surface area contributed by atoms with Crippen molar-refractivity contribution in [3.63, 3.8) is 0 Å². The summed E-state index contributed by atoms with van der Waals surface area (Å²) in [6.07, 6.45) is 5.24. The van der Waals surface area contributed by atoms with Gasteiger partial charge in [-0.25, -0.2) is 4.98 Å². The van der Waals surface area contributed by atoms with Crippen molar-refractivity contribution >= 4 is 29.0 Å². The van der Waals surface area contributed by atoms with Crippen molar-refractivity contribution in [1.29, 1.82) is 0 Å². The van der Waals surface area contributed by atoms with E-state index in [2.05, 4.69) is 30.8 Å². The summed E-state index contributed by atoms with van der Waals surface area (Å²) in [7, 11) is 4.08. The van der Waals surface area contributed by atoms with Gasteiger partial charge < -0.3 is 25.6 Å². The van der Waals surface area contributed by atoms with Gasteiger partial charge in [0.15, 0.2) is 0 Å². The molecule has 0 saturated carbocycles. The highest BCUT2D eigenvalue weighted by molar-refractivity contribution is 6.08. The van der Waals surface area contributed by atoms with E-state index in [-0.39, 0.29) is 11.8 Å². The van der Waals surface area contributed by atoms with E-state index in [9.17, 15) is 9.59 Å². The quantitative estimate of drug-likeness (QED) is 0.352. The van der Waals surface area contributed by atoms with Crippen molar-refractivity contribution in [1.82, 2.24) is 20.2 Å². The Balaban J connectivity index is 1.50. The second-order valence-corrected chi connectivity index (χ2v) is 9.41.